The fraction of sp³-hybridized carbons (Fsp3) is 0.273. The quantitative estimate of drug-likeness (QED) is 0.698. The Morgan fingerprint density at radius 2 is 2.19 bits per heavy atom. The molecule has 0 spiro atoms. The zero-order valence-electron chi connectivity index (χ0n) is 9.03. The summed E-state index contributed by atoms with van der Waals surface area (Å²) in [6.45, 7) is 1.73. The molecule has 0 unspecified atom stereocenters. The van der Waals surface area contributed by atoms with E-state index in [1.807, 2.05) is 0 Å². The second-order valence-electron chi connectivity index (χ2n) is 3.57. The average molecular weight is 220 g/mol. The maximum atomic E-state index is 11.5. The van der Waals surface area contributed by atoms with Crippen LogP contribution in [0.5, 0.6) is 0 Å². The molecule has 2 N–H and O–H groups in total. The molecule has 16 heavy (non-hydrogen) atoms. The number of hydrogen-bond acceptors (Lipinski definition) is 4. The van der Waals surface area contributed by atoms with E-state index in [9.17, 15) is 9.59 Å². The maximum Gasteiger partial charge on any atom is 0.340 e. The third kappa shape index (κ3) is 1.60. The van der Waals surface area contributed by atoms with E-state index in [1.165, 1.54) is 7.11 Å². The fourth-order valence-electron chi connectivity index (χ4n) is 1.62. The lowest BCUT2D eigenvalue weighted by Gasteiger charge is -2.25. The van der Waals surface area contributed by atoms with Gasteiger partial charge in [-0.15, -0.1) is 0 Å². The van der Waals surface area contributed by atoms with Crippen LogP contribution >= 0.6 is 0 Å². The highest BCUT2D eigenvalue weighted by molar-refractivity contribution is 6.08. The predicted molar refractivity (Wildman–Crippen MR) is 59.5 cm³/mol. The summed E-state index contributed by atoms with van der Waals surface area (Å²) in [5.74, 6) is -0.540. The van der Waals surface area contributed by atoms with Crippen LogP contribution in [0.1, 0.15) is 17.3 Å². The molecular weight excluding hydrogens is 208 g/mol. The van der Waals surface area contributed by atoms with Crippen LogP contribution in [0.4, 0.5) is 11.4 Å². The van der Waals surface area contributed by atoms with Gasteiger partial charge in [0.05, 0.1) is 24.0 Å². The van der Waals surface area contributed by atoms with Gasteiger partial charge >= 0.3 is 5.97 Å². The summed E-state index contributed by atoms with van der Waals surface area (Å²) >= 11 is 0. The minimum atomic E-state index is -0.423. The molecule has 1 aromatic carbocycles. The van der Waals surface area contributed by atoms with Crippen LogP contribution in [0.3, 0.4) is 0 Å². The molecule has 0 radical (unpaired) electrons. The summed E-state index contributed by atoms with van der Waals surface area (Å²) in [5, 5.41) is 5.70. The Hall–Kier alpha value is -2.04. The summed E-state index contributed by atoms with van der Waals surface area (Å²) in [7, 11) is 1.33. The van der Waals surface area contributed by atoms with Crippen LogP contribution in [0.15, 0.2) is 18.2 Å². The molecular formula is C11H12N2O3. The Kier molecular flexibility index (Phi) is 2.52. The second kappa shape index (κ2) is 3.84. The van der Waals surface area contributed by atoms with Crippen molar-refractivity contribution in [3.05, 3.63) is 23.8 Å². The van der Waals surface area contributed by atoms with Gasteiger partial charge in [-0.05, 0) is 19.1 Å². The van der Waals surface area contributed by atoms with Crippen molar-refractivity contribution < 1.29 is 14.3 Å². The Bertz CT molecular complexity index is 457. The van der Waals surface area contributed by atoms with E-state index in [1.54, 1.807) is 25.1 Å². The minimum absolute atomic E-state index is 0.116. The van der Waals surface area contributed by atoms with E-state index in [0.29, 0.717) is 16.9 Å². The molecule has 2 rings (SSSR count). The number of rotatable bonds is 1. The number of fused-ring (bicyclic) bond motifs is 1. The molecule has 0 aliphatic carbocycles. The Morgan fingerprint density at radius 3 is 2.88 bits per heavy atom. The number of para-hydroxylation sites is 1. The van der Waals surface area contributed by atoms with Crippen molar-refractivity contribution in [3.63, 3.8) is 0 Å². The van der Waals surface area contributed by atoms with Crippen molar-refractivity contribution in [2.24, 2.45) is 0 Å². The number of amides is 1. The number of ether oxygens (including phenoxy) is 1. The van der Waals surface area contributed by atoms with E-state index in [4.69, 9.17) is 0 Å². The molecule has 1 aliphatic rings. The smallest absolute Gasteiger partial charge is 0.340 e. The van der Waals surface area contributed by atoms with E-state index in [-0.39, 0.29) is 11.9 Å². The first-order valence-electron chi connectivity index (χ1n) is 4.92. The maximum absolute atomic E-state index is 11.5. The van der Waals surface area contributed by atoms with Crippen LogP contribution in [0, 0.1) is 0 Å². The molecule has 5 heteroatoms. The number of anilines is 2. The van der Waals surface area contributed by atoms with E-state index < -0.39 is 5.97 Å². The molecule has 1 heterocycles. The molecule has 0 saturated carbocycles. The van der Waals surface area contributed by atoms with Crippen LogP contribution in [0.25, 0.3) is 0 Å². The predicted octanol–water partition coefficient (Wildman–Crippen LogP) is 1.23. The van der Waals surface area contributed by atoms with Crippen molar-refractivity contribution >= 4 is 23.3 Å². The molecule has 5 nitrogen and oxygen atoms in total. The third-order valence-corrected chi connectivity index (χ3v) is 2.48. The molecule has 0 saturated heterocycles. The largest absolute Gasteiger partial charge is 0.465 e. The zero-order chi connectivity index (χ0) is 11.7. The van der Waals surface area contributed by atoms with Crippen molar-refractivity contribution in [2.45, 2.75) is 13.0 Å². The van der Waals surface area contributed by atoms with Gasteiger partial charge in [-0.3, -0.25) is 4.79 Å². The SMILES string of the molecule is COC(=O)c1cccc2c1N[C@@H](C)C(=O)N2. The summed E-state index contributed by atoms with van der Waals surface area (Å²) in [5.41, 5.74) is 1.64. The zero-order valence-corrected chi connectivity index (χ0v) is 9.03. The second-order valence-corrected chi connectivity index (χ2v) is 3.57. The molecule has 1 aromatic rings. The monoisotopic (exact) mass is 220 g/mol. The Morgan fingerprint density at radius 1 is 1.44 bits per heavy atom. The number of methoxy groups -OCH3 is 1. The lowest BCUT2D eigenvalue weighted by molar-refractivity contribution is -0.116. The number of benzene rings is 1. The van der Waals surface area contributed by atoms with Crippen LogP contribution in [0.2, 0.25) is 0 Å². The van der Waals surface area contributed by atoms with Gasteiger partial charge in [-0.25, -0.2) is 4.79 Å². The van der Waals surface area contributed by atoms with Gasteiger partial charge < -0.3 is 15.4 Å². The molecule has 1 atom stereocenters. The molecule has 1 amide bonds. The lowest BCUT2D eigenvalue weighted by atomic mass is 10.1. The molecule has 84 valence electrons. The molecule has 0 aromatic heterocycles. The Labute approximate surface area is 92.8 Å². The number of carbonyl (C=O) groups is 2. The van der Waals surface area contributed by atoms with Gasteiger partial charge in [0.2, 0.25) is 5.91 Å². The Balaban J connectivity index is 2.48. The van der Waals surface area contributed by atoms with Gasteiger partial charge in [0.1, 0.15) is 6.04 Å². The number of carbonyl (C=O) groups excluding carboxylic acids is 2. The standard InChI is InChI=1S/C11H12N2O3/c1-6-10(14)13-8-5-3-4-7(9(8)12-6)11(15)16-2/h3-6,12H,1-2H3,(H,13,14)/t6-/m0/s1. The van der Waals surface area contributed by atoms with E-state index in [2.05, 4.69) is 15.4 Å². The molecule has 0 bridgehead atoms. The van der Waals surface area contributed by atoms with Crippen molar-refractivity contribution in [2.75, 3.05) is 17.7 Å². The lowest BCUT2D eigenvalue weighted by Crippen LogP contribution is -2.37. The highest BCUT2D eigenvalue weighted by atomic mass is 16.5. The van der Waals surface area contributed by atoms with E-state index in [0.717, 1.165) is 0 Å². The fourth-order valence-corrected chi connectivity index (χ4v) is 1.62. The molecule has 1 aliphatic heterocycles. The van der Waals surface area contributed by atoms with Gasteiger partial charge in [0.25, 0.3) is 0 Å². The van der Waals surface area contributed by atoms with Gasteiger partial charge in [0, 0.05) is 0 Å². The highest BCUT2D eigenvalue weighted by Gasteiger charge is 2.25. The number of hydrogen-bond donors (Lipinski definition) is 2. The summed E-state index contributed by atoms with van der Waals surface area (Å²) in [6, 6.07) is 4.72. The third-order valence-electron chi connectivity index (χ3n) is 2.48. The average Bonchev–Trinajstić information content (AvgIpc) is 2.29. The summed E-state index contributed by atoms with van der Waals surface area (Å²) in [6.07, 6.45) is 0. The first kappa shape index (κ1) is 10.5. The number of nitrogens with one attached hydrogen (secondary N) is 2. The van der Waals surface area contributed by atoms with Gasteiger partial charge in [-0.2, -0.15) is 0 Å². The van der Waals surface area contributed by atoms with Crippen LogP contribution < -0.4 is 10.6 Å². The van der Waals surface area contributed by atoms with Crippen molar-refractivity contribution in [3.8, 4) is 0 Å². The van der Waals surface area contributed by atoms with Crippen LogP contribution in [-0.4, -0.2) is 25.0 Å². The first-order chi connectivity index (χ1) is 7.63. The summed E-state index contributed by atoms with van der Waals surface area (Å²) < 4.78 is 4.67. The van der Waals surface area contributed by atoms with Crippen molar-refractivity contribution in [1.82, 2.24) is 0 Å². The van der Waals surface area contributed by atoms with Gasteiger partial charge in [-0.1, -0.05) is 6.07 Å². The van der Waals surface area contributed by atoms with Crippen molar-refractivity contribution in [1.29, 1.82) is 0 Å². The summed E-state index contributed by atoms with van der Waals surface area (Å²) in [4.78, 5) is 22.9. The molecule has 0 fully saturated rings. The highest BCUT2D eigenvalue weighted by Crippen LogP contribution is 2.30. The number of esters is 1. The minimum Gasteiger partial charge on any atom is -0.465 e. The van der Waals surface area contributed by atoms with E-state index >= 15 is 0 Å². The first-order valence-corrected chi connectivity index (χ1v) is 4.92. The van der Waals surface area contributed by atoms with Crippen LogP contribution in [-0.2, 0) is 9.53 Å². The van der Waals surface area contributed by atoms with Gasteiger partial charge in [0.15, 0.2) is 0 Å². The topological polar surface area (TPSA) is 67.4 Å². The normalized spacial score (nSPS) is 18.1.